The van der Waals surface area contributed by atoms with Crippen molar-refractivity contribution in [2.75, 3.05) is 7.11 Å². The first-order chi connectivity index (χ1) is 9.22. The predicted octanol–water partition coefficient (Wildman–Crippen LogP) is 3.84. The van der Waals surface area contributed by atoms with Crippen LogP contribution in [0, 0.1) is 0 Å². The van der Waals surface area contributed by atoms with Crippen LogP contribution in [0.2, 0.25) is 0 Å². The Balaban J connectivity index is 2.03. The smallest absolute Gasteiger partial charge is 0.305 e. The third-order valence-electron chi connectivity index (χ3n) is 2.76. The number of hydrogen-bond acceptors (Lipinski definition) is 4. The maximum atomic E-state index is 11.6. The van der Waals surface area contributed by atoms with E-state index in [2.05, 4.69) is 4.74 Å². The second kappa shape index (κ2) is 9.50. The minimum absolute atomic E-state index is 0.157. The number of methoxy groups -OCH3 is 1. The first-order valence-corrected chi connectivity index (χ1v) is 7.41. The number of unbranched alkanes of at least 4 members (excludes halogenated alkanes) is 3. The van der Waals surface area contributed by atoms with Crippen molar-refractivity contribution in [1.82, 2.24) is 0 Å². The Morgan fingerprint density at radius 3 is 2.58 bits per heavy atom. The summed E-state index contributed by atoms with van der Waals surface area (Å²) in [6, 6.07) is 3.96. The standard InChI is InChI=1S/C15H20O3S/c1-18-15(17)9-5-3-2-4-7-13(16)10-11-14-8-6-12-19-14/h6,8,10-12H,2-5,7,9H2,1H3/b11-10+. The van der Waals surface area contributed by atoms with E-state index < -0.39 is 0 Å². The van der Waals surface area contributed by atoms with Crippen LogP contribution in [0.1, 0.15) is 43.4 Å². The summed E-state index contributed by atoms with van der Waals surface area (Å²) < 4.78 is 4.56. The molecule has 0 saturated heterocycles. The average molecular weight is 280 g/mol. The number of hydrogen-bond donors (Lipinski definition) is 0. The van der Waals surface area contributed by atoms with Gasteiger partial charge in [-0.1, -0.05) is 18.9 Å². The fourth-order valence-corrected chi connectivity index (χ4v) is 2.29. The van der Waals surface area contributed by atoms with Gasteiger partial charge in [0.1, 0.15) is 0 Å². The molecule has 0 radical (unpaired) electrons. The van der Waals surface area contributed by atoms with E-state index in [0.717, 1.165) is 30.6 Å². The van der Waals surface area contributed by atoms with Crippen LogP contribution in [-0.4, -0.2) is 18.9 Å². The van der Waals surface area contributed by atoms with Gasteiger partial charge in [0.05, 0.1) is 7.11 Å². The molecule has 19 heavy (non-hydrogen) atoms. The molecule has 1 heterocycles. The van der Waals surface area contributed by atoms with Crippen LogP contribution in [0.5, 0.6) is 0 Å². The van der Waals surface area contributed by atoms with Gasteiger partial charge in [-0.25, -0.2) is 0 Å². The molecule has 3 nitrogen and oxygen atoms in total. The van der Waals surface area contributed by atoms with E-state index in [4.69, 9.17) is 0 Å². The summed E-state index contributed by atoms with van der Waals surface area (Å²) in [5.41, 5.74) is 0. The van der Waals surface area contributed by atoms with Gasteiger partial charge in [0.15, 0.2) is 5.78 Å². The lowest BCUT2D eigenvalue weighted by Crippen LogP contribution is -1.99. The number of rotatable bonds is 9. The van der Waals surface area contributed by atoms with E-state index in [9.17, 15) is 9.59 Å². The molecule has 0 bridgehead atoms. The zero-order valence-electron chi connectivity index (χ0n) is 11.3. The lowest BCUT2D eigenvalue weighted by atomic mass is 10.1. The van der Waals surface area contributed by atoms with E-state index in [1.807, 2.05) is 23.6 Å². The van der Waals surface area contributed by atoms with Crippen molar-refractivity contribution >= 4 is 29.2 Å². The van der Waals surface area contributed by atoms with Crippen LogP contribution in [0.15, 0.2) is 23.6 Å². The topological polar surface area (TPSA) is 43.4 Å². The SMILES string of the molecule is COC(=O)CCCCCCC(=O)/C=C/c1cccs1. The van der Waals surface area contributed by atoms with Crippen molar-refractivity contribution in [2.45, 2.75) is 38.5 Å². The molecule has 1 rings (SSSR count). The normalized spacial score (nSPS) is 10.8. The van der Waals surface area contributed by atoms with Crippen molar-refractivity contribution in [3.05, 3.63) is 28.5 Å². The molecular weight excluding hydrogens is 260 g/mol. The second-order valence-corrected chi connectivity index (χ2v) is 5.28. The molecule has 0 saturated carbocycles. The van der Waals surface area contributed by atoms with Gasteiger partial charge in [0, 0.05) is 17.7 Å². The number of thiophene rings is 1. The van der Waals surface area contributed by atoms with Gasteiger partial charge in [-0.05, 0) is 36.4 Å². The lowest BCUT2D eigenvalue weighted by Gasteiger charge is -1.99. The minimum Gasteiger partial charge on any atom is -0.469 e. The summed E-state index contributed by atoms with van der Waals surface area (Å²) in [6.45, 7) is 0. The average Bonchev–Trinajstić information content (AvgIpc) is 2.93. The fraction of sp³-hybridized carbons (Fsp3) is 0.467. The zero-order valence-corrected chi connectivity index (χ0v) is 12.1. The Morgan fingerprint density at radius 2 is 1.95 bits per heavy atom. The Hall–Kier alpha value is -1.42. The molecule has 0 unspecified atom stereocenters. The van der Waals surface area contributed by atoms with Crippen molar-refractivity contribution in [3.8, 4) is 0 Å². The molecule has 0 atom stereocenters. The Labute approximate surface area is 118 Å². The van der Waals surface area contributed by atoms with Crippen LogP contribution in [0.25, 0.3) is 6.08 Å². The molecule has 0 amide bonds. The van der Waals surface area contributed by atoms with E-state index in [1.54, 1.807) is 17.4 Å². The first kappa shape index (κ1) is 15.6. The largest absolute Gasteiger partial charge is 0.469 e. The molecule has 0 N–H and O–H groups in total. The van der Waals surface area contributed by atoms with Crippen molar-refractivity contribution in [1.29, 1.82) is 0 Å². The fourth-order valence-electron chi connectivity index (χ4n) is 1.67. The Bertz CT molecular complexity index is 407. The molecule has 1 aromatic heterocycles. The van der Waals surface area contributed by atoms with E-state index >= 15 is 0 Å². The van der Waals surface area contributed by atoms with Gasteiger partial charge in [-0.2, -0.15) is 0 Å². The number of allylic oxidation sites excluding steroid dienone is 1. The molecule has 0 aliphatic rings. The molecule has 0 aromatic carbocycles. The molecule has 4 heteroatoms. The van der Waals surface area contributed by atoms with E-state index in [-0.39, 0.29) is 11.8 Å². The number of esters is 1. The van der Waals surface area contributed by atoms with Crippen LogP contribution >= 0.6 is 11.3 Å². The van der Waals surface area contributed by atoms with Crippen molar-refractivity contribution in [3.63, 3.8) is 0 Å². The summed E-state index contributed by atoms with van der Waals surface area (Å²) >= 11 is 1.62. The maximum Gasteiger partial charge on any atom is 0.305 e. The zero-order chi connectivity index (χ0) is 13.9. The summed E-state index contributed by atoms with van der Waals surface area (Å²) in [6.07, 6.45) is 8.25. The minimum atomic E-state index is -0.157. The highest BCUT2D eigenvalue weighted by Gasteiger charge is 2.00. The van der Waals surface area contributed by atoms with Crippen molar-refractivity contribution < 1.29 is 14.3 Å². The van der Waals surface area contributed by atoms with E-state index in [0.29, 0.717) is 12.8 Å². The molecule has 0 aliphatic heterocycles. The van der Waals surface area contributed by atoms with Gasteiger partial charge in [-0.15, -0.1) is 11.3 Å². The summed E-state index contributed by atoms with van der Waals surface area (Å²) in [4.78, 5) is 23.5. The third-order valence-corrected chi connectivity index (χ3v) is 3.60. The molecule has 0 aliphatic carbocycles. The molecule has 1 aromatic rings. The highest BCUT2D eigenvalue weighted by molar-refractivity contribution is 7.10. The molecule has 0 spiro atoms. The van der Waals surface area contributed by atoms with Gasteiger partial charge < -0.3 is 4.74 Å². The van der Waals surface area contributed by atoms with Crippen LogP contribution in [-0.2, 0) is 14.3 Å². The molecular formula is C15H20O3S. The van der Waals surface area contributed by atoms with Crippen LogP contribution < -0.4 is 0 Å². The number of carbonyl (C=O) groups is 2. The second-order valence-electron chi connectivity index (χ2n) is 4.31. The summed E-state index contributed by atoms with van der Waals surface area (Å²) in [5.74, 6) is 0.0105. The lowest BCUT2D eigenvalue weighted by molar-refractivity contribution is -0.140. The van der Waals surface area contributed by atoms with Crippen LogP contribution in [0.4, 0.5) is 0 Å². The van der Waals surface area contributed by atoms with Gasteiger partial charge in [0.25, 0.3) is 0 Å². The monoisotopic (exact) mass is 280 g/mol. The first-order valence-electron chi connectivity index (χ1n) is 6.53. The summed E-state index contributed by atoms with van der Waals surface area (Å²) in [5, 5.41) is 1.99. The van der Waals surface area contributed by atoms with Gasteiger partial charge in [0.2, 0.25) is 0 Å². The Kier molecular flexibility index (Phi) is 7.82. The number of ketones is 1. The van der Waals surface area contributed by atoms with Gasteiger partial charge >= 0.3 is 5.97 Å². The highest BCUT2D eigenvalue weighted by atomic mass is 32.1. The quantitative estimate of drug-likeness (QED) is 0.392. The number of carbonyl (C=O) groups excluding carboxylic acids is 2. The Morgan fingerprint density at radius 1 is 1.21 bits per heavy atom. The summed E-state index contributed by atoms with van der Waals surface area (Å²) in [7, 11) is 1.40. The number of ether oxygens (including phenoxy) is 1. The third kappa shape index (κ3) is 7.57. The maximum absolute atomic E-state index is 11.6. The molecule has 104 valence electrons. The predicted molar refractivity (Wildman–Crippen MR) is 78.1 cm³/mol. The highest BCUT2D eigenvalue weighted by Crippen LogP contribution is 2.11. The van der Waals surface area contributed by atoms with Crippen LogP contribution in [0.3, 0.4) is 0 Å². The molecule has 0 fully saturated rings. The van der Waals surface area contributed by atoms with Gasteiger partial charge in [-0.3, -0.25) is 9.59 Å². The van der Waals surface area contributed by atoms with Crippen molar-refractivity contribution in [2.24, 2.45) is 0 Å². The van der Waals surface area contributed by atoms with E-state index in [1.165, 1.54) is 7.11 Å².